The minimum Gasteiger partial charge on any atom is -0.492 e. The second-order valence-electron chi connectivity index (χ2n) is 8.51. The van der Waals surface area contributed by atoms with Gasteiger partial charge in [-0.1, -0.05) is 23.7 Å². The van der Waals surface area contributed by atoms with Crippen LogP contribution in [-0.2, 0) is 17.8 Å². The Balaban J connectivity index is 1.31. The maximum absolute atomic E-state index is 11.1. The summed E-state index contributed by atoms with van der Waals surface area (Å²) in [6.45, 7) is 6.05. The van der Waals surface area contributed by atoms with Crippen LogP contribution in [0.2, 0.25) is 5.02 Å². The maximum atomic E-state index is 11.1. The lowest BCUT2D eigenvalue weighted by Gasteiger charge is -2.30. The lowest BCUT2D eigenvalue weighted by molar-refractivity contribution is -0.0646. The highest BCUT2D eigenvalue weighted by Crippen LogP contribution is 2.21. The molecule has 8 heteroatoms. The smallest absolute Gasteiger partial charge is 0.134 e. The minimum absolute atomic E-state index is 0.140. The van der Waals surface area contributed by atoms with Crippen LogP contribution in [0.4, 0.5) is 0 Å². The number of rotatable bonds is 9. The highest BCUT2D eigenvalue weighted by Gasteiger charge is 2.33. The molecule has 0 amide bonds. The number of hydrogen-bond donors (Lipinski definition) is 1. The summed E-state index contributed by atoms with van der Waals surface area (Å²) in [6.07, 6.45) is 3.84. The number of aryl methyl sites for hydroxylation is 1. The molecule has 1 unspecified atom stereocenters. The summed E-state index contributed by atoms with van der Waals surface area (Å²) in [7, 11) is 0. The normalized spacial score (nSPS) is 19.2. The number of halogens is 1. The lowest BCUT2D eigenvalue weighted by atomic mass is 10.1. The summed E-state index contributed by atoms with van der Waals surface area (Å²) in [5.41, 5.74) is 1.15. The number of hydrogen-bond acceptors (Lipinski definition) is 6. The molecule has 2 heterocycles. The summed E-state index contributed by atoms with van der Waals surface area (Å²) in [6, 6.07) is 15.2. The van der Waals surface area contributed by atoms with E-state index in [0.29, 0.717) is 43.6 Å². The molecule has 1 N–H and O–H groups in total. The van der Waals surface area contributed by atoms with Crippen molar-refractivity contribution >= 4 is 11.6 Å². The van der Waals surface area contributed by atoms with E-state index in [0.717, 1.165) is 23.4 Å². The monoisotopic (exact) mass is 471 g/mol. The van der Waals surface area contributed by atoms with Crippen LogP contribution in [0.1, 0.15) is 11.1 Å². The van der Waals surface area contributed by atoms with Gasteiger partial charge in [-0.15, -0.1) is 0 Å². The van der Waals surface area contributed by atoms with Gasteiger partial charge in [0.1, 0.15) is 30.3 Å². The third kappa shape index (κ3) is 7.20. The van der Waals surface area contributed by atoms with Crippen LogP contribution >= 0.6 is 11.6 Å². The summed E-state index contributed by atoms with van der Waals surface area (Å²) < 4.78 is 19.3. The molecule has 1 saturated heterocycles. The second kappa shape index (κ2) is 11.0. The SMILES string of the molecule is Cc1cnn(CCOc2cccc(CN3CCOCC(O)(COc4ccc(Cl)cc4)C3)c2)c1. The average Bonchev–Trinajstić information content (AvgIpc) is 3.12. The van der Waals surface area contributed by atoms with Gasteiger partial charge < -0.3 is 19.3 Å². The largest absolute Gasteiger partial charge is 0.492 e. The van der Waals surface area contributed by atoms with E-state index in [1.165, 1.54) is 0 Å². The zero-order valence-electron chi connectivity index (χ0n) is 18.8. The number of aliphatic hydroxyl groups is 1. The summed E-state index contributed by atoms with van der Waals surface area (Å²) >= 11 is 5.93. The van der Waals surface area contributed by atoms with Crippen LogP contribution in [-0.4, -0.2) is 64.9 Å². The Hall–Kier alpha value is -2.58. The Morgan fingerprint density at radius 3 is 2.79 bits per heavy atom. The van der Waals surface area contributed by atoms with Crippen LogP contribution in [0.25, 0.3) is 0 Å². The zero-order chi connectivity index (χ0) is 23.1. The van der Waals surface area contributed by atoms with Gasteiger partial charge in [0.2, 0.25) is 0 Å². The third-order valence-electron chi connectivity index (χ3n) is 5.42. The molecular formula is C25H30ClN3O4. The van der Waals surface area contributed by atoms with E-state index in [2.05, 4.69) is 16.1 Å². The van der Waals surface area contributed by atoms with Gasteiger partial charge in [-0.25, -0.2) is 0 Å². The fourth-order valence-electron chi connectivity index (χ4n) is 3.81. The molecule has 1 aliphatic heterocycles. The predicted molar refractivity (Wildman–Crippen MR) is 127 cm³/mol. The molecule has 2 aromatic carbocycles. The van der Waals surface area contributed by atoms with Gasteiger partial charge in [-0.2, -0.15) is 5.10 Å². The van der Waals surface area contributed by atoms with Crippen molar-refractivity contribution < 1.29 is 19.3 Å². The standard InChI is InChI=1S/C25H30ClN3O4/c1-20-14-27-29(15-20)10-12-32-24-4-2-3-21(13-24)16-28-9-11-31-18-25(30,17-28)19-33-23-7-5-22(26)6-8-23/h2-8,13-15,30H,9-12,16-19H2,1H3. The van der Waals surface area contributed by atoms with E-state index in [1.54, 1.807) is 24.3 Å². The van der Waals surface area contributed by atoms with Crippen molar-refractivity contribution in [2.24, 2.45) is 0 Å². The molecular weight excluding hydrogens is 442 g/mol. The summed E-state index contributed by atoms with van der Waals surface area (Å²) in [5.74, 6) is 1.49. The van der Waals surface area contributed by atoms with Crippen molar-refractivity contribution in [3.63, 3.8) is 0 Å². The predicted octanol–water partition coefficient (Wildman–Crippen LogP) is 3.57. The van der Waals surface area contributed by atoms with Crippen molar-refractivity contribution in [3.05, 3.63) is 77.1 Å². The highest BCUT2D eigenvalue weighted by molar-refractivity contribution is 6.30. The Labute approximate surface area is 199 Å². The molecule has 33 heavy (non-hydrogen) atoms. The quantitative estimate of drug-likeness (QED) is 0.514. The second-order valence-corrected chi connectivity index (χ2v) is 8.94. The van der Waals surface area contributed by atoms with E-state index in [-0.39, 0.29) is 13.2 Å². The number of aromatic nitrogens is 2. The third-order valence-corrected chi connectivity index (χ3v) is 5.67. The molecule has 0 aliphatic carbocycles. The molecule has 0 bridgehead atoms. The topological polar surface area (TPSA) is 69.0 Å². The van der Waals surface area contributed by atoms with Crippen LogP contribution in [0.15, 0.2) is 60.9 Å². The van der Waals surface area contributed by atoms with Crippen molar-refractivity contribution in [2.45, 2.75) is 25.6 Å². The molecule has 0 radical (unpaired) electrons. The molecule has 7 nitrogen and oxygen atoms in total. The van der Waals surface area contributed by atoms with Crippen molar-refractivity contribution in [3.8, 4) is 11.5 Å². The van der Waals surface area contributed by atoms with E-state index in [1.807, 2.05) is 42.2 Å². The Kier molecular flexibility index (Phi) is 7.88. The van der Waals surface area contributed by atoms with Gasteiger partial charge in [-0.3, -0.25) is 9.58 Å². The van der Waals surface area contributed by atoms with Crippen molar-refractivity contribution in [1.29, 1.82) is 0 Å². The molecule has 3 aromatic rings. The van der Waals surface area contributed by atoms with E-state index >= 15 is 0 Å². The zero-order valence-corrected chi connectivity index (χ0v) is 19.6. The summed E-state index contributed by atoms with van der Waals surface area (Å²) in [5, 5.41) is 16.1. The first kappa shape index (κ1) is 23.6. The van der Waals surface area contributed by atoms with Crippen molar-refractivity contribution in [1.82, 2.24) is 14.7 Å². The van der Waals surface area contributed by atoms with Crippen LogP contribution in [0.5, 0.6) is 11.5 Å². The molecule has 176 valence electrons. The molecule has 1 aliphatic rings. The van der Waals surface area contributed by atoms with Gasteiger partial charge in [0.15, 0.2) is 0 Å². The maximum Gasteiger partial charge on any atom is 0.134 e. The molecule has 4 rings (SSSR count). The van der Waals surface area contributed by atoms with Crippen LogP contribution in [0, 0.1) is 6.92 Å². The van der Waals surface area contributed by atoms with Gasteiger partial charge >= 0.3 is 0 Å². The first-order valence-electron chi connectivity index (χ1n) is 11.1. The molecule has 0 saturated carbocycles. The molecule has 1 aromatic heterocycles. The number of β-amino-alcohol motifs (C(OH)–C–C–N with tert-alkyl or cyclic N) is 1. The van der Waals surface area contributed by atoms with Gasteiger partial charge in [0.25, 0.3) is 0 Å². The molecule has 1 atom stereocenters. The van der Waals surface area contributed by atoms with Gasteiger partial charge in [0, 0.05) is 30.9 Å². The fourth-order valence-corrected chi connectivity index (χ4v) is 3.93. The number of nitrogens with zero attached hydrogens (tertiary/aromatic N) is 3. The Bertz CT molecular complexity index is 1030. The van der Waals surface area contributed by atoms with Crippen molar-refractivity contribution in [2.75, 3.05) is 39.5 Å². The number of benzene rings is 2. The Morgan fingerprint density at radius 1 is 1.15 bits per heavy atom. The fraction of sp³-hybridized carbons (Fsp3) is 0.400. The van der Waals surface area contributed by atoms with E-state index < -0.39 is 5.60 Å². The van der Waals surface area contributed by atoms with Crippen LogP contribution in [0.3, 0.4) is 0 Å². The van der Waals surface area contributed by atoms with Gasteiger partial charge in [0.05, 0.1) is 26.0 Å². The van der Waals surface area contributed by atoms with E-state index in [4.69, 9.17) is 25.8 Å². The van der Waals surface area contributed by atoms with Gasteiger partial charge in [-0.05, 0) is 54.4 Å². The highest BCUT2D eigenvalue weighted by atomic mass is 35.5. The first-order valence-corrected chi connectivity index (χ1v) is 11.5. The average molecular weight is 472 g/mol. The first-order chi connectivity index (χ1) is 16.0. The lowest BCUT2D eigenvalue weighted by Crippen LogP contribution is -2.48. The Morgan fingerprint density at radius 2 is 2.00 bits per heavy atom. The van der Waals surface area contributed by atoms with Crippen LogP contribution < -0.4 is 9.47 Å². The molecule has 0 spiro atoms. The number of ether oxygens (including phenoxy) is 3. The summed E-state index contributed by atoms with van der Waals surface area (Å²) in [4.78, 5) is 2.18. The molecule has 1 fully saturated rings. The van der Waals surface area contributed by atoms with E-state index in [9.17, 15) is 5.11 Å². The minimum atomic E-state index is -1.11.